The minimum atomic E-state index is 0.231. The second kappa shape index (κ2) is 5.95. The Kier molecular flexibility index (Phi) is 4.75. The summed E-state index contributed by atoms with van der Waals surface area (Å²) in [6.07, 6.45) is 0. The molecule has 0 bridgehead atoms. The quantitative estimate of drug-likeness (QED) is 0.618. The van der Waals surface area contributed by atoms with Crippen molar-refractivity contribution in [1.82, 2.24) is 0 Å². The van der Waals surface area contributed by atoms with Crippen LogP contribution in [-0.4, -0.2) is 0 Å². The fourth-order valence-corrected chi connectivity index (χ4v) is 4.13. The van der Waals surface area contributed by atoms with E-state index >= 15 is 0 Å². The largest absolute Gasteiger partial charge is 0.377 e. The third kappa shape index (κ3) is 3.10. The van der Waals surface area contributed by atoms with E-state index in [4.69, 9.17) is 11.6 Å². The summed E-state index contributed by atoms with van der Waals surface area (Å²) in [7, 11) is 0. The molecule has 1 aromatic heterocycles. The normalized spacial score (nSPS) is 12.5. The van der Waals surface area contributed by atoms with Gasteiger partial charge in [0.25, 0.3) is 0 Å². The molecule has 0 saturated heterocycles. The number of nitrogens with one attached hydrogen (secondary N) is 1. The van der Waals surface area contributed by atoms with Crippen LogP contribution < -0.4 is 5.32 Å². The van der Waals surface area contributed by atoms with Crippen LogP contribution in [0.4, 0.5) is 5.69 Å². The molecule has 0 aliphatic carbocycles. The molecular formula is C13H12Br2ClNS. The molecule has 18 heavy (non-hydrogen) atoms. The number of thiophene rings is 1. The Hall–Kier alpha value is -0.0300. The molecule has 1 nitrogen and oxygen atoms in total. The minimum absolute atomic E-state index is 0.231. The maximum absolute atomic E-state index is 6.16. The molecule has 0 spiro atoms. The van der Waals surface area contributed by atoms with Crippen molar-refractivity contribution in [2.45, 2.75) is 19.9 Å². The van der Waals surface area contributed by atoms with E-state index in [1.165, 1.54) is 4.88 Å². The lowest BCUT2D eigenvalue weighted by atomic mass is 10.2. The zero-order valence-electron chi connectivity index (χ0n) is 9.93. The van der Waals surface area contributed by atoms with Crippen molar-refractivity contribution in [3.63, 3.8) is 0 Å². The molecule has 1 unspecified atom stereocenters. The van der Waals surface area contributed by atoms with E-state index in [0.29, 0.717) is 0 Å². The van der Waals surface area contributed by atoms with Gasteiger partial charge >= 0.3 is 0 Å². The van der Waals surface area contributed by atoms with Crippen molar-refractivity contribution in [2.24, 2.45) is 0 Å². The molecule has 1 heterocycles. The maximum Gasteiger partial charge on any atom is 0.0590 e. The van der Waals surface area contributed by atoms with Gasteiger partial charge in [-0.05, 0) is 74.8 Å². The van der Waals surface area contributed by atoms with Gasteiger partial charge in [0, 0.05) is 18.8 Å². The maximum atomic E-state index is 6.16. The van der Waals surface area contributed by atoms with Gasteiger partial charge in [-0.1, -0.05) is 11.6 Å². The molecule has 1 N–H and O–H groups in total. The lowest BCUT2D eigenvalue weighted by molar-refractivity contribution is 0.902. The Labute approximate surface area is 133 Å². The first-order valence-electron chi connectivity index (χ1n) is 5.44. The van der Waals surface area contributed by atoms with Crippen molar-refractivity contribution in [1.29, 1.82) is 0 Å². The highest BCUT2D eigenvalue weighted by Gasteiger charge is 2.13. The predicted octanol–water partition coefficient (Wildman–Crippen LogP) is 6.41. The van der Waals surface area contributed by atoms with Crippen LogP contribution in [0.15, 0.2) is 32.5 Å². The number of aryl methyl sites for hydroxylation is 1. The Balaban J connectivity index is 2.24. The zero-order valence-corrected chi connectivity index (χ0v) is 14.7. The van der Waals surface area contributed by atoms with E-state index in [1.54, 1.807) is 11.3 Å². The highest BCUT2D eigenvalue weighted by molar-refractivity contribution is 9.11. The van der Waals surface area contributed by atoms with E-state index in [9.17, 15) is 0 Å². The molecule has 1 atom stereocenters. The smallest absolute Gasteiger partial charge is 0.0590 e. The second-order valence-corrected chi connectivity index (χ2v) is 7.14. The summed E-state index contributed by atoms with van der Waals surface area (Å²) >= 11 is 15.0. The molecular weight excluding hydrogens is 397 g/mol. The molecule has 0 fully saturated rings. The van der Waals surface area contributed by atoms with E-state index in [-0.39, 0.29) is 6.04 Å². The standard InChI is InChI=1S/C13H12Br2ClNS/c1-7-5-10(15)12(6-11(7)16)17-8(2)13-9(14)3-4-18-13/h3-6,8,17H,1-2H3. The summed E-state index contributed by atoms with van der Waals surface area (Å²) in [5.41, 5.74) is 2.08. The second-order valence-electron chi connectivity index (χ2n) is 4.08. The summed E-state index contributed by atoms with van der Waals surface area (Å²) in [4.78, 5) is 1.28. The summed E-state index contributed by atoms with van der Waals surface area (Å²) in [6.45, 7) is 4.13. The predicted molar refractivity (Wildman–Crippen MR) is 87.9 cm³/mol. The molecule has 0 amide bonds. The third-order valence-corrected chi connectivity index (χ3v) is 5.78. The number of rotatable bonds is 3. The van der Waals surface area contributed by atoms with Gasteiger partial charge in [0.05, 0.1) is 11.7 Å². The van der Waals surface area contributed by atoms with E-state index in [0.717, 1.165) is 25.2 Å². The van der Waals surface area contributed by atoms with Gasteiger partial charge in [-0.25, -0.2) is 0 Å². The molecule has 5 heteroatoms. The lowest BCUT2D eigenvalue weighted by Gasteiger charge is -2.17. The monoisotopic (exact) mass is 407 g/mol. The Morgan fingerprint density at radius 3 is 2.61 bits per heavy atom. The Morgan fingerprint density at radius 2 is 2.00 bits per heavy atom. The van der Waals surface area contributed by atoms with Crippen molar-refractivity contribution < 1.29 is 0 Å². The van der Waals surface area contributed by atoms with Crippen LogP contribution in [0.5, 0.6) is 0 Å². The average molecular weight is 410 g/mol. The van der Waals surface area contributed by atoms with E-state index < -0.39 is 0 Å². The number of hydrogen-bond acceptors (Lipinski definition) is 2. The van der Waals surface area contributed by atoms with Gasteiger partial charge in [-0.2, -0.15) is 0 Å². The first-order chi connectivity index (χ1) is 8.49. The van der Waals surface area contributed by atoms with Crippen LogP contribution in [0, 0.1) is 6.92 Å². The number of benzene rings is 1. The van der Waals surface area contributed by atoms with Crippen LogP contribution >= 0.6 is 54.8 Å². The van der Waals surface area contributed by atoms with Crippen molar-refractivity contribution >= 4 is 60.5 Å². The third-order valence-electron chi connectivity index (χ3n) is 2.66. The topological polar surface area (TPSA) is 12.0 Å². The Morgan fingerprint density at radius 1 is 1.28 bits per heavy atom. The van der Waals surface area contributed by atoms with E-state index in [1.807, 2.05) is 19.1 Å². The fraction of sp³-hybridized carbons (Fsp3) is 0.231. The highest BCUT2D eigenvalue weighted by Crippen LogP contribution is 2.35. The Bertz CT molecular complexity index is 568. The molecule has 2 rings (SSSR count). The molecule has 0 aliphatic heterocycles. The van der Waals surface area contributed by atoms with Crippen LogP contribution in [-0.2, 0) is 0 Å². The van der Waals surface area contributed by atoms with Gasteiger partial charge in [-0.15, -0.1) is 11.3 Å². The van der Waals surface area contributed by atoms with Crippen LogP contribution in [0.3, 0.4) is 0 Å². The van der Waals surface area contributed by atoms with Gasteiger partial charge in [0.15, 0.2) is 0 Å². The number of anilines is 1. The molecule has 0 radical (unpaired) electrons. The molecule has 1 aromatic carbocycles. The summed E-state index contributed by atoms with van der Waals surface area (Å²) in [5.74, 6) is 0. The fourth-order valence-electron chi connectivity index (χ4n) is 1.67. The van der Waals surface area contributed by atoms with Crippen LogP contribution in [0.1, 0.15) is 23.4 Å². The van der Waals surface area contributed by atoms with Crippen molar-refractivity contribution in [3.8, 4) is 0 Å². The molecule has 0 aliphatic rings. The minimum Gasteiger partial charge on any atom is -0.377 e. The van der Waals surface area contributed by atoms with Crippen LogP contribution in [0.2, 0.25) is 5.02 Å². The summed E-state index contributed by atoms with van der Waals surface area (Å²) in [5, 5.41) is 6.32. The average Bonchev–Trinajstić information content (AvgIpc) is 2.72. The van der Waals surface area contributed by atoms with Gasteiger partial charge in [0.2, 0.25) is 0 Å². The number of hydrogen-bond donors (Lipinski definition) is 1. The van der Waals surface area contributed by atoms with Gasteiger partial charge in [-0.3, -0.25) is 0 Å². The SMILES string of the molecule is Cc1cc(Br)c(NC(C)c2sccc2Br)cc1Cl. The zero-order chi connectivity index (χ0) is 13.3. The van der Waals surface area contributed by atoms with Crippen molar-refractivity contribution in [3.05, 3.63) is 48.0 Å². The summed E-state index contributed by atoms with van der Waals surface area (Å²) < 4.78 is 2.17. The van der Waals surface area contributed by atoms with E-state index in [2.05, 4.69) is 55.5 Å². The van der Waals surface area contributed by atoms with Gasteiger partial charge < -0.3 is 5.32 Å². The lowest BCUT2D eigenvalue weighted by Crippen LogP contribution is -2.06. The molecule has 0 saturated carbocycles. The number of halogens is 3. The first kappa shape index (κ1) is 14.4. The first-order valence-corrected chi connectivity index (χ1v) is 8.28. The summed E-state index contributed by atoms with van der Waals surface area (Å²) in [6, 6.07) is 6.28. The molecule has 2 aromatic rings. The van der Waals surface area contributed by atoms with Crippen LogP contribution in [0.25, 0.3) is 0 Å². The van der Waals surface area contributed by atoms with Gasteiger partial charge in [0.1, 0.15) is 0 Å². The highest BCUT2D eigenvalue weighted by atomic mass is 79.9. The van der Waals surface area contributed by atoms with Crippen molar-refractivity contribution in [2.75, 3.05) is 5.32 Å². The molecule has 96 valence electrons.